The zero-order valence-corrected chi connectivity index (χ0v) is 12.8. The molecule has 1 saturated heterocycles. The number of nitrogens with one attached hydrogen (secondary N) is 1. The fourth-order valence-electron chi connectivity index (χ4n) is 3.39. The second-order valence-electron chi connectivity index (χ2n) is 6.36. The van der Waals surface area contributed by atoms with Crippen LogP contribution in [0.2, 0.25) is 0 Å². The molecule has 0 radical (unpaired) electrons. The van der Waals surface area contributed by atoms with Gasteiger partial charge in [-0.05, 0) is 49.3 Å². The molecular weight excluding hydrogens is 262 g/mol. The molecule has 1 aliphatic heterocycles. The number of guanidine groups is 1. The first-order valence-corrected chi connectivity index (χ1v) is 8.02. The molecular formula is C17H25N3O. The monoisotopic (exact) mass is 287 g/mol. The molecule has 3 rings (SSSR count). The van der Waals surface area contributed by atoms with E-state index in [2.05, 4.69) is 17.1 Å². The Kier molecular flexibility index (Phi) is 4.04. The summed E-state index contributed by atoms with van der Waals surface area (Å²) in [6.07, 6.45) is 5.49. The molecule has 0 unspecified atom stereocenters. The summed E-state index contributed by atoms with van der Waals surface area (Å²) in [5, 5.41) is 12.7. The summed E-state index contributed by atoms with van der Waals surface area (Å²) >= 11 is 0. The van der Waals surface area contributed by atoms with Crippen LogP contribution in [0.25, 0.3) is 0 Å². The number of hydrogen-bond acceptors (Lipinski definition) is 2. The predicted molar refractivity (Wildman–Crippen MR) is 85.4 cm³/mol. The average Bonchev–Trinajstić information content (AvgIpc) is 2.91. The van der Waals surface area contributed by atoms with E-state index in [1.807, 2.05) is 12.1 Å². The fraction of sp³-hybridized carbons (Fsp3) is 0.588. The van der Waals surface area contributed by atoms with Crippen LogP contribution in [-0.2, 0) is 6.54 Å². The molecule has 1 aromatic rings. The van der Waals surface area contributed by atoms with Gasteiger partial charge in [0.15, 0.2) is 5.96 Å². The van der Waals surface area contributed by atoms with E-state index in [0.717, 1.165) is 31.2 Å². The van der Waals surface area contributed by atoms with Gasteiger partial charge >= 0.3 is 0 Å². The van der Waals surface area contributed by atoms with E-state index in [4.69, 9.17) is 4.99 Å². The van der Waals surface area contributed by atoms with Gasteiger partial charge in [0.2, 0.25) is 0 Å². The number of aromatic hydroxyl groups is 1. The Bertz CT molecular complexity index is 505. The van der Waals surface area contributed by atoms with Crippen LogP contribution >= 0.6 is 0 Å². The van der Waals surface area contributed by atoms with Crippen molar-refractivity contribution in [2.75, 3.05) is 19.6 Å². The van der Waals surface area contributed by atoms with Crippen LogP contribution in [-0.4, -0.2) is 35.6 Å². The van der Waals surface area contributed by atoms with Gasteiger partial charge < -0.3 is 15.3 Å². The third-order valence-corrected chi connectivity index (χ3v) is 4.83. The van der Waals surface area contributed by atoms with Gasteiger partial charge in [0, 0.05) is 19.6 Å². The van der Waals surface area contributed by atoms with Gasteiger partial charge in [0.05, 0.1) is 6.54 Å². The van der Waals surface area contributed by atoms with E-state index in [0.29, 0.717) is 17.7 Å². The summed E-state index contributed by atoms with van der Waals surface area (Å²) in [4.78, 5) is 7.19. The lowest BCUT2D eigenvalue weighted by Gasteiger charge is -2.38. The minimum Gasteiger partial charge on any atom is -0.508 e. The first-order valence-electron chi connectivity index (χ1n) is 8.02. The van der Waals surface area contributed by atoms with E-state index in [1.165, 1.54) is 25.7 Å². The van der Waals surface area contributed by atoms with E-state index in [1.54, 1.807) is 12.1 Å². The number of phenols is 1. The number of hydrogen-bond donors (Lipinski definition) is 2. The number of benzene rings is 1. The van der Waals surface area contributed by atoms with Crippen molar-refractivity contribution in [2.45, 2.75) is 39.2 Å². The Morgan fingerprint density at radius 3 is 2.62 bits per heavy atom. The van der Waals surface area contributed by atoms with Crippen LogP contribution in [0, 0.1) is 5.41 Å². The molecule has 2 aliphatic rings. The summed E-state index contributed by atoms with van der Waals surface area (Å²) in [5.74, 6) is 1.34. The third kappa shape index (κ3) is 3.14. The molecule has 21 heavy (non-hydrogen) atoms. The van der Waals surface area contributed by atoms with E-state index >= 15 is 0 Å². The molecule has 1 aliphatic carbocycles. The molecule has 4 nitrogen and oxygen atoms in total. The van der Waals surface area contributed by atoms with Gasteiger partial charge in [-0.15, -0.1) is 0 Å². The summed E-state index contributed by atoms with van der Waals surface area (Å²) in [7, 11) is 0. The molecule has 2 fully saturated rings. The molecule has 2 N–H and O–H groups in total. The number of phenolic OH excluding ortho intramolecular Hbond substituents is 1. The van der Waals surface area contributed by atoms with Crippen molar-refractivity contribution < 1.29 is 5.11 Å². The number of likely N-dealkylation sites (tertiary alicyclic amines) is 1. The van der Waals surface area contributed by atoms with Crippen LogP contribution in [0.4, 0.5) is 0 Å². The molecule has 0 atom stereocenters. The zero-order valence-electron chi connectivity index (χ0n) is 12.8. The lowest BCUT2D eigenvalue weighted by molar-refractivity contribution is 0.151. The minimum atomic E-state index is 0.307. The SMILES string of the molecule is CCNC(=NCc1ccc(O)cc1)N1CCC2(CCC2)C1. The van der Waals surface area contributed by atoms with Crippen LogP contribution in [0.3, 0.4) is 0 Å². The summed E-state index contributed by atoms with van der Waals surface area (Å²) in [6.45, 7) is 5.96. The Morgan fingerprint density at radius 1 is 1.29 bits per heavy atom. The largest absolute Gasteiger partial charge is 0.508 e. The maximum Gasteiger partial charge on any atom is 0.194 e. The van der Waals surface area contributed by atoms with Crippen molar-refractivity contribution in [3.63, 3.8) is 0 Å². The molecule has 1 spiro atoms. The highest BCUT2D eigenvalue weighted by atomic mass is 16.3. The van der Waals surface area contributed by atoms with Gasteiger partial charge in [-0.1, -0.05) is 18.6 Å². The van der Waals surface area contributed by atoms with Crippen molar-refractivity contribution in [1.82, 2.24) is 10.2 Å². The van der Waals surface area contributed by atoms with Crippen LogP contribution in [0.1, 0.15) is 38.2 Å². The smallest absolute Gasteiger partial charge is 0.194 e. The lowest BCUT2D eigenvalue weighted by Crippen LogP contribution is -2.42. The Labute approximate surface area is 126 Å². The zero-order chi connectivity index (χ0) is 14.7. The lowest BCUT2D eigenvalue weighted by atomic mass is 9.68. The van der Waals surface area contributed by atoms with Gasteiger partial charge in [-0.25, -0.2) is 4.99 Å². The molecule has 4 heteroatoms. The van der Waals surface area contributed by atoms with E-state index in [-0.39, 0.29) is 0 Å². The molecule has 1 aromatic carbocycles. The van der Waals surface area contributed by atoms with Crippen molar-refractivity contribution in [2.24, 2.45) is 10.4 Å². The average molecular weight is 287 g/mol. The summed E-state index contributed by atoms with van der Waals surface area (Å²) in [6, 6.07) is 7.30. The summed E-state index contributed by atoms with van der Waals surface area (Å²) < 4.78 is 0. The highest BCUT2D eigenvalue weighted by Crippen LogP contribution is 2.47. The molecule has 1 heterocycles. The highest BCUT2D eigenvalue weighted by Gasteiger charge is 2.43. The van der Waals surface area contributed by atoms with Crippen molar-refractivity contribution in [3.8, 4) is 5.75 Å². The summed E-state index contributed by atoms with van der Waals surface area (Å²) in [5.41, 5.74) is 1.72. The van der Waals surface area contributed by atoms with Gasteiger partial charge in [0.1, 0.15) is 5.75 Å². The maximum absolute atomic E-state index is 9.33. The molecule has 1 saturated carbocycles. The quantitative estimate of drug-likeness (QED) is 0.664. The van der Waals surface area contributed by atoms with Gasteiger partial charge in [-0.2, -0.15) is 0 Å². The van der Waals surface area contributed by atoms with Gasteiger partial charge in [0.25, 0.3) is 0 Å². The van der Waals surface area contributed by atoms with Crippen molar-refractivity contribution >= 4 is 5.96 Å². The Balaban J connectivity index is 1.66. The second-order valence-corrected chi connectivity index (χ2v) is 6.36. The van der Waals surface area contributed by atoms with Crippen molar-refractivity contribution in [1.29, 1.82) is 0 Å². The molecule has 114 valence electrons. The molecule has 0 amide bonds. The topological polar surface area (TPSA) is 47.9 Å². The predicted octanol–water partition coefficient (Wildman–Crippen LogP) is 2.73. The van der Waals surface area contributed by atoms with Crippen molar-refractivity contribution in [3.05, 3.63) is 29.8 Å². The third-order valence-electron chi connectivity index (χ3n) is 4.83. The fourth-order valence-corrected chi connectivity index (χ4v) is 3.39. The second kappa shape index (κ2) is 5.96. The first-order chi connectivity index (χ1) is 10.2. The van der Waals surface area contributed by atoms with E-state index < -0.39 is 0 Å². The number of aliphatic imine (C=N–C) groups is 1. The van der Waals surface area contributed by atoms with Crippen LogP contribution < -0.4 is 5.32 Å². The Hall–Kier alpha value is -1.71. The standard InChI is InChI=1S/C17H25N3O/c1-2-18-16(19-12-14-4-6-15(21)7-5-14)20-11-10-17(13-20)8-3-9-17/h4-7,21H,2-3,8-13H2,1H3,(H,18,19). The minimum absolute atomic E-state index is 0.307. The Morgan fingerprint density at radius 2 is 2.05 bits per heavy atom. The maximum atomic E-state index is 9.33. The van der Waals surface area contributed by atoms with Crippen LogP contribution in [0.5, 0.6) is 5.75 Å². The normalized spacial score (nSPS) is 20.6. The first kappa shape index (κ1) is 14.2. The van der Waals surface area contributed by atoms with Crippen LogP contribution in [0.15, 0.2) is 29.3 Å². The number of nitrogens with zero attached hydrogens (tertiary/aromatic N) is 2. The molecule has 0 aromatic heterocycles. The number of rotatable bonds is 3. The molecule has 0 bridgehead atoms. The highest BCUT2D eigenvalue weighted by molar-refractivity contribution is 5.80. The van der Waals surface area contributed by atoms with E-state index in [9.17, 15) is 5.11 Å². The van der Waals surface area contributed by atoms with Gasteiger partial charge in [-0.3, -0.25) is 0 Å².